The maximum absolute atomic E-state index is 11.6. The van der Waals surface area contributed by atoms with E-state index in [-0.39, 0.29) is 12.6 Å². The summed E-state index contributed by atoms with van der Waals surface area (Å²) in [6.07, 6.45) is 2.38. The minimum atomic E-state index is -0.376. The highest BCUT2D eigenvalue weighted by Crippen LogP contribution is 2.08. The topological polar surface area (TPSA) is 57.7 Å². The summed E-state index contributed by atoms with van der Waals surface area (Å²) in [5.41, 5.74) is 0.469. The fourth-order valence-corrected chi connectivity index (χ4v) is 1.58. The molecule has 0 saturated heterocycles. The first-order valence-corrected chi connectivity index (χ1v) is 6.38. The number of aromatic nitrogens is 1. The van der Waals surface area contributed by atoms with Gasteiger partial charge in [0.2, 0.25) is 0 Å². The highest BCUT2D eigenvalue weighted by Gasteiger charge is 2.07. The summed E-state index contributed by atoms with van der Waals surface area (Å²) in [6, 6.07) is 3.22. The molecule has 0 amide bonds. The number of nitrogens with zero attached hydrogens (tertiary/aromatic N) is 1. The van der Waals surface area contributed by atoms with Gasteiger partial charge < -0.3 is 14.2 Å². The number of hydrogen-bond acceptors (Lipinski definition) is 5. The third-order valence-electron chi connectivity index (χ3n) is 2.06. The van der Waals surface area contributed by atoms with Crippen molar-refractivity contribution in [3.8, 4) is 0 Å². The van der Waals surface area contributed by atoms with Crippen molar-refractivity contribution in [2.24, 2.45) is 0 Å². The van der Waals surface area contributed by atoms with Crippen molar-refractivity contribution in [1.29, 1.82) is 0 Å². The van der Waals surface area contributed by atoms with Crippen LogP contribution in [0.3, 0.4) is 0 Å². The van der Waals surface area contributed by atoms with Gasteiger partial charge in [-0.3, -0.25) is 0 Å². The molecule has 0 N–H and O–H groups in total. The van der Waals surface area contributed by atoms with Crippen molar-refractivity contribution in [1.82, 2.24) is 4.98 Å². The molecule has 1 heterocycles. The van der Waals surface area contributed by atoms with E-state index in [9.17, 15) is 4.79 Å². The van der Waals surface area contributed by atoms with Gasteiger partial charge in [0.25, 0.3) is 0 Å². The van der Waals surface area contributed by atoms with E-state index in [0.717, 1.165) is 6.42 Å². The number of carbonyl (C=O) groups excluding carboxylic acids is 1. The van der Waals surface area contributed by atoms with E-state index in [1.54, 1.807) is 25.4 Å². The maximum atomic E-state index is 11.6. The number of pyridine rings is 1. The molecule has 5 nitrogen and oxygen atoms in total. The van der Waals surface area contributed by atoms with E-state index in [1.165, 1.54) is 0 Å². The van der Waals surface area contributed by atoms with Crippen LogP contribution in [-0.4, -0.2) is 44.5 Å². The van der Waals surface area contributed by atoms with Crippen LogP contribution in [0.15, 0.2) is 22.9 Å². The molecule has 1 aromatic heterocycles. The Morgan fingerprint density at radius 1 is 1.33 bits per heavy atom. The van der Waals surface area contributed by atoms with Gasteiger partial charge in [-0.2, -0.15) is 0 Å². The van der Waals surface area contributed by atoms with Crippen LogP contribution in [0.5, 0.6) is 0 Å². The first kappa shape index (κ1) is 15.1. The standard InChI is InChI=1S/C12H16BrNO4/c1-16-5-2-6-17-7-8-18-12(15)10-3-4-14-11(13)9-10/h3-4,9H,2,5-8H2,1H3. The lowest BCUT2D eigenvalue weighted by atomic mass is 10.3. The summed E-state index contributed by atoms with van der Waals surface area (Å²) in [5, 5.41) is 0. The van der Waals surface area contributed by atoms with Gasteiger partial charge in [-0.05, 0) is 34.5 Å². The molecular formula is C12H16BrNO4. The van der Waals surface area contributed by atoms with E-state index in [1.807, 2.05) is 0 Å². The van der Waals surface area contributed by atoms with Crippen molar-refractivity contribution < 1.29 is 19.0 Å². The summed E-state index contributed by atoms with van der Waals surface area (Å²) in [6.45, 7) is 1.91. The van der Waals surface area contributed by atoms with Crippen LogP contribution in [-0.2, 0) is 14.2 Å². The van der Waals surface area contributed by atoms with Crippen molar-refractivity contribution in [3.63, 3.8) is 0 Å². The summed E-state index contributed by atoms with van der Waals surface area (Å²) >= 11 is 3.19. The lowest BCUT2D eigenvalue weighted by Crippen LogP contribution is -2.12. The highest BCUT2D eigenvalue weighted by molar-refractivity contribution is 9.10. The number of halogens is 1. The molecule has 1 aromatic rings. The molecule has 0 aromatic carbocycles. The summed E-state index contributed by atoms with van der Waals surface area (Å²) in [7, 11) is 1.65. The summed E-state index contributed by atoms with van der Waals surface area (Å²) < 4.78 is 15.8. The lowest BCUT2D eigenvalue weighted by Gasteiger charge is -2.06. The van der Waals surface area contributed by atoms with Gasteiger partial charge in [-0.1, -0.05) is 0 Å². The Kier molecular flexibility index (Phi) is 7.55. The van der Waals surface area contributed by atoms with Crippen LogP contribution >= 0.6 is 15.9 Å². The van der Waals surface area contributed by atoms with E-state index in [0.29, 0.717) is 30.0 Å². The van der Waals surface area contributed by atoms with Gasteiger partial charge in [-0.15, -0.1) is 0 Å². The minimum Gasteiger partial charge on any atom is -0.460 e. The van der Waals surface area contributed by atoms with Crippen LogP contribution in [0.4, 0.5) is 0 Å². The Morgan fingerprint density at radius 2 is 2.17 bits per heavy atom. The zero-order valence-corrected chi connectivity index (χ0v) is 11.8. The zero-order chi connectivity index (χ0) is 13.2. The van der Waals surface area contributed by atoms with Gasteiger partial charge >= 0.3 is 5.97 Å². The van der Waals surface area contributed by atoms with Crippen molar-refractivity contribution in [2.45, 2.75) is 6.42 Å². The molecule has 0 radical (unpaired) electrons. The van der Waals surface area contributed by atoms with Gasteiger partial charge in [0.05, 0.1) is 12.2 Å². The van der Waals surface area contributed by atoms with Crippen LogP contribution < -0.4 is 0 Å². The molecule has 0 aliphatic heterocycles. The van der Waals surface area contributed by atoms with Crippen LogP contribution in [0, 0.1) is 0 Å². The van der Waals surface area contributed by atoms with Crippen molar-refractivity contribution in [3.05, 3.63) is 28.5 Å². The molecule has 18 heavy (non-hydrogen) atoms. The molecule has 100 valence electrons. The van der Waals surface area contributed by atoms with Crippen molar-refractivity contribution in [2.75, 3.05) is 33.5 Å². The van der Waals surface area contributed by atoms with E-state index in [4.69, 9.17) is 14.2 Å². The van der Waals surface area contributed by atoms with Crippen LogP contribution in [0.2, 0.25) is 0 Å². The van der Waals surface area contributed by atoms with E-state index < -0.39 is 0 Å². The van der Waals surface area contributed by atoms with Crippen LogP contribution in [0.1, 0.15) is 16.8 Å². The van der Waals surface area contributed by atoms with Gasteiger partial charge in [0.1, 0.15) is 11.2 Å². The largest absolute Gasteiger partial charge is 0.460 e. The Labute approximate surface area is 115 Å². The Bertz CT molecular complexity index is 373. The maximum Gasteiger partial charge on any atom is 0.338 e. The molecule has 0 saturated carbocycles. The molecule has 0 aliphatic carbocycles. The third-order valence-corrected chi connectivity index (χ3v) is 2.49. The SMILES string of the molecule is COCCCOCCOC(=O)c1ccnc(Br)c1. The summed E-state index contributed by atoms with van der Waals surface area (Å²) in [5.74, 6) is -0.376. The first-order chi connectivity index (χ1) is 8.74. The monoisotopic (exact) mass is 317 g/mol. The third kappa shape index (κ3) is 6.09. The molecule has 0 unspecified atom stereocenters. The predicted octanol–water partition coefficient (Wildman–Crippen LogP) is 2.05. The fourth-order valence-electron chi connectivity index (χ4n) is 1.21. The first-order valence-electron chi connectivity index (χ1n) is 5.59. The van der Waals surface area contributed by atoms with E-state index >= 15 is 0 Å². The number of methoxy groups -OCH3 is 1. The minimum absolute atomic E-state index is 0.242. The predicted molar refractivity (Wildman–Crippen MR) is 69.5 cm³/mol. The molecule has 0 fully saturated rings. The Hall–Kier alpha value is -0.980. The summed E-state index contributed by atoms with van der Waals surface area (Å²) in [4.78, 5) is 15.5. The molecule has 1 rings (SSSR count). The molecule has 0 aliphatic rings. The molecule has 6 heteroatoms. The number of ether oxygens (including phenoxy) is 3. The molecule has 0 atom stereocenters. The lowest BCUT2D eigenvalue weighted by molar-refractivity contribution is 0.0288. The van der Waals surface area contributed by atoms with Gasteiger partial charge in [0, 0.05) is 26.5 Å². The zero-order valence-electron chi connectivity index (χ0n) is 10.2. The molecule has 0 spiro atoms. The quantitative estimate of drug-likeness (QED) is 0.417. The average Bonchev–Trinajstić information content (AvgIpc) is 2.37. The molecular weight excluding hydrogens is 302 g/mol. The fraction of sp³-hybridized carbons (Fsp3) is 0.500. The Morgan fingerprint density at radius 3 is 2.89 bits per heavy atom. The van der Waals surface area contributed by atoms with Gasteiger partial charge in [-0.25, -0.2) is 9.78 Å². The number of esters is 1. The highest BCUT2D eigenvalue weighted by atomic mass is 79.9. The second-order valence-corrected chi connectivity index (χ2v) is 4.27. The van der Waals surface area contributed by atoms with Gasteiger partial charge in [0.15, 0.2) is 0 Å². The second kappa shape index (κ2) is 9.02. The van der Waals surface area contributed by atoms with Crippen LogP contribution in [0.25, 0.3) is 0 Å². The second-order valence-electron chi connectivity index (χ2n) is 3.46. The number of rotatable bonds is 8. The average molecular weight is 318 g/mol. The smallest absolute Gasteiger partial charge is 0.338 e. The molecule has 0 bridgehead atoms. The normalized spacial score (nSPS) is 10.3. The number of hydrogen-bond donors (Lipinski definition) is 0. The van der Waals surface area contributed by atoms with E-state index in [2.05, 4.69) is 20.9 Å². The Balaban J connectivity index is 2.14. The number of carbonyl (C=O) groups is 1. The van der Waals surface area contributed by atoms with Crippen molar-refractivity contribution >= 4 is 21.9 Å².